The van der Waals surface area contributed by atoms with Gasteiger partial charge in [-0.15, -0.1) is 0 Å². The number of hydrogen-bond acceptors (Lipinski definition) is 6. The van der Waals surface area contributed by atoms with E-state index >= 15 is 0 Å². The minimum atomic E-state index is -0.101. The molecular weight excluding hydrogens is 282 g/mol. The molecule has 7 nitrogen and oxygen atoms in total. The number of anilines is 1. The van der Waals surface area contributed by atoms with Crippen molar-refractivity contribution in [2.24, 2.45) is 0 Å². The van der Waals surface area contributed by atoms with Crippen LogP contribution in [0.15, 0.2) is 29.2 Å². The summed E-state index contributed by atoms with van der Waals surface area (Å²) in [5.74, 6) is 1.37. The smallest absolute Gasteiger partial charge is 0.256 e. The fourth-order valence-electron chi connectivity index (χ4n) is 2.81. The Morgan fingerprint density at radius 1 is 1.27 bits per heavy atom. The summed E-state index contributed by atoms with van der Waals surface area (Å²) >= 11 is 0. The third kappa shape index (κ3) is 2.54. The lowest BCUT2D eigenvalue weighted by molar-refractivity contribution is 0.0728. The maximum Gasteiger partial charge on any atom is 0.256 e. The van der Waals surface area contributed by atoms with Crippen molar-refractivity contribution in [3.05, 3.63) is 36.1 Å². The van der Waals surface area contributed by atoms with Crippen molar-refractivity contribution in [2.75, 3.05) is 11.9 Å². The van der Waals surface area contributed by atoms with Gasteiger partial charge >= 0.3 is 0 Å². The number of nitrogens with one attached hydrogen (secondary N) is 1. The third-order valence-electron chi connectivity index (χ3n) is 4.13. The molecule has 22 heavy (non-hydrogen) atoms. The minimum absolute atomic E-state index is 0.0298. The molecule has 2 aromatic heterocycles. The maximum absolute atomic E-state index is 12.7. The molecule has 1 unspecified atom stereocenters. The average molecular weight is 299 g/mol. The summed E-state index contributed by atoms with van der Waals surface area (Å²) in [7, 11) is 0. The molecule has 0 bridgehead atoms. The summed E-state index contributed by atoms with van der Waals surface area (Å²) in [4.78, 5) is 22.9. The molecule has 1 aliphatic heterocycles. The van der Waals surface area contributed by atoms with Gasteiger partial charge in [0.05, 0.1) is 11.6 Å². The van der Waals surface area contributed by atoms with E-state index in [9.17, 15) is 4.79 Å². The molecule has 2 fully saturated rings. The molecule has 1 saturated heterocycles. The van der Waals surface area contributed by atoms with Crippen molar-refractivity contribution in [2.45, 2.75) is 37.8 Å². The van der Waals surface area contributed by atoms with E-state index in [1.165, 1.54) is 19.2 Å². The number of hydrogen-bond donors (Lipinski definition) is 1. The van der Waals surface area contributed by atoms with Crippen LogP contribution in [0.3, 0.4) is 0 Å². The Morgan fingerprint density at radius 2 is 2.18 bits per heavy atom. The summed E-state index contributed by atoms with van der Waals surface area (Å²) in [5, 5.41) is 7.19. The molecule has 3 heterocycles. The molecule has 2 aromatic rings. The number of amides is 1. The van der Waals surface area contributed by atoms with Crippen molar-refractivity contribution in [1.29, 1.82) is 0 Å². The first-order chi connectivity index (χ1) is 10.8. The van der Waals surface area contributed by atoms with E-state index in [-0.39, 0.29) is 11.9 Å². The molecule has 1 N–H and O–H groups in total. The van der Waals surface area contributed by atoms with E-state index in [0.29, 0.717) is 24.0 Å². The highest BCUT2D eigenvalue weighted by Gasteiger charge is 2.33. The van der Waals surface area contributed by atoms with Crippen LogP contribution in [0.25, 0.3) is 0 Å². The van der Waals surface area contributed by atoms with Gasteiger partial charge in [0.15, 0.2) is 5.82 Å². The lowest BCUT2D eigenvalue weighted by Gasteiger charge is -2.22. The van der Waals surface area contributed by atoms with Gasteiger partial charge in [-0.25, -0.2) is 4.98 Å². The number of rotatable bonds is 4. The Labute approximate surface area is 127 Å². The average Bonchev–Trinajstić information content (AvgIpc) is 3.05. The predicted molar refractivity (Wildman–Crippen MR) is 78.2 cm³/mol. The van der Waals surface area contributed by atoms with E-state index < -0.39 is 0 Å². The summed E-state index contributed by atoms with van der Waals surface area (Å²) in [6.45, 7) is 0.708. The van der Waals surface area contributed by atoms with E-state index in [1.54, 1.807) is 11.1 Å². The Morgan fingerprint density at radius 3 is 2.86 bits per heavy atom. The number of carbonyl (C=O) groups is 1. The van der Waals surface area contributed by atoms with Gasteiger partial charge in [0.1, 0.15) is 5.82 Å². The Bertz CT molecular complexity index is 651. The lowest BCUT2D eigenvalue weighted by Crippen LogP contribution is -2.31. The molecule has 2 aliphatic rings. The first-order valence-electron chi connectivity index (χ1n) is 7.61. The highest BCUT2D eigenvalue weighted by molar-refractivity contribution is 5.94. The van der Waals surface area contributed by atoms with Crippen molar-refractivity contribution in [1.82, 2.24) is 20.0 Å². The van der Waals surface area contributed by atoms with Crippen LogP contribution in [0.4, 0.5) is 5.82 Å². The van der Waals surface area contributed by atoms with E-state index in [0.717, 1.165) is 18.7 Å². The fraction of sp³-hybridized carbons (Fsp3) is 0.467. The summed E-state index contributed by atoms with van der Waals surface area (Å²) in [6, 6.07) is 4.14. The minimum Gasteiger partial charge on any atom is -0.367 e. The second-order valence-corrected chi connectivity index (χ2v) is 5.80. The standard InChI is InChI=1S/C15H17N5O2/c21-15(10-3-6-13(16-8-10)18-11-4-5-11)20-7-1-2-12(20)14-17-9-22-19-14/h3,6,8-9,11-12H,1-2,4-5,7H2,(H,16,18). The van der Waals surface area contributed by atoms with Gasteiger partial charge in [-0.3, -0.25) is 4.79 Å². The van der Waals surface area contributed by atoms with Gasteiger partial charge in [-0.05, 0) is 37.8 Å². The molecule has 1 atom stereocenters. The quantitative estimate of drug-likeness (QED) is 0.929. The van der Waals surface area contributed by atoms with Crippen molar-refractivity contribution >= 4 is 11.7 Å². The van der Waals surface area contributed by atoms with E-state index in [4.69, 9.17) is 4.52 Å². The van der Waals surface area contributed by atoms with Crippen LogP contribution in [0.1, 0.15) is 47.9 Å². The van der Waals surface area contributed by atoms with Crippen molar-refractivity contribution in [3.63, 3.8) is 0 Å². The zero-order valence-electron chi connectivity index (χ0n) is 12.1. The normalized spacial score (nSPS) is 21.1. The maximum atomic E-state index is 12.7. The number of aromatic nitrogens is 3. The van der Waals surface area contributed by atoms with Crippen LogP contribution in [0, 0.1) is 0 Å². The van der Waals surface area contributed by atoms with E-state index in [2.05, 4.69) is 20.4 Å². The highest BCUT2D eigenvalue weighted by Crippen LogP contribution is 2.31. The first-order valence-corrected chi connectivity index (χ1v) is 7.61. The lowest BCUT2D eigenvalue weighted by atomic mass is 10.2. The molecule has 4 rings (SSSR count). The third-order valence-corrected chi connectivity index (χ3v) is 4.13. The fourth-order valence-corrected chi connectivity index (χ4v) is 2.81. The number of likely N-dealkylation sites (tertiary alicyclic amines) is 1. The topological polar surface area (TPSA) is 84.2 Å². The van der Waals surface area contributed by atoms with Crippen LogP contribution in [0.5, 0.6) is 0 Å². The summed E-state index contributed by atoms with van der Waals surface area (Å²) in [5.41, 5.74) is 0.594. The Balaban J connectivity index is 1.50. The predicted octanol–water partition coefficient (Wildman–Crippen LogP) is 2.02. The second-order valence-electron chi connectivity index (χ2n) is 5.80. The van der Waals surface area contributed by atoms with Crippen molar-refractivity contribution < 1.29 is 9.32 Å². The number of pyridine rings is 1. The van der Waals surface area contributed by atoms with E-state index in [1.807, 2.05) is 12.1 Å². The zero-order valence-corrected chi connectivity index (χ0v) is 12.1. The number of nitrogens with zero attached hydrogens (tertiary/aromatic N) is 4. The molecule has 1 saturated carbocycles. The molecule has 0 aromatic carbocycles. The largest absolute Gasteiger partial charge is 0.367 e. The molecular formula is C15H17N5O2. The SMILES string of the molecule is O=C(c1ccc(NC2CC2)nc1)N1CCCC1c1ncon1. The van der Waals surface area contributed by atoms with Crippen LogP contribution < -0.4 is 5.32 Å². The van der Waals surface area contributed by atoms with Crippen molar-refractivity contribution in [3.8, 4) is 0 Å². The van der Waals surface area contributed by atoms with Crippen LogP contribution in [0.2, 0.25) is 0 Å². The van der Waals surface area contributed by atoms with Gasteiger partial charge < -0.3 is 14.7 Å². The number of carbonyl (C=O) groups excluding carboxylic acids is 1. The first kappa shape index (κ1) is 13.2. The highest BCUT2D eigenvalue weighted by atomic mass is 16.5. The van der Waals surface area contributed by atoms with Gasteiger partial charge in [0.2, 0.25) is 6.39 Å². The monoisotopic (exact) mass is 299 g/mol. The van der Waals surface area contributed by atoms with Crippen LogP contribution in [-0.4, -0.2) is 38.5 Å². The molecule has 0 spiro atoms. The van der Waals surface area contributed by atoms with Crippen LogP contribution >= 0.6 is 0 Å². The van der Waals surface area contributed by atoms with Gasteiger partial charge in [-0.1, -0.05) is 5.16 Å². The molecule has 0 radical (unpaired) electrons. The second kappa shape index (κ2) is 5.40. The van der Waals surface area contributed by atoms with Gasteiger partial charge in [0.25, 0.3) is 5.91 Å². The Kier molecular flexibility index (Phi) is 3.25. The molecule has 114 valence electrons. The molecule has 1 aliphatic carbocycles. The zero-order chi connectivity index (χ0) is 14.9. The summed E-state index contributed by atoms with van der Waals surface area (Å²) < 4.78 is 4.80. The Hall–Kier alpha value is -2.44. The molecule has 7 heteroatoms. The molecule has 1 amide bonds. The van der Waals surface area contributed by atoms with Gasteiger partial charge in [-0.2, -0.15) is 4.98 Å². The van der Waals surface area contributed by atoms with Gasteiger partial charge in [0, 0.05) is 18.8 Å². The summed E-state index contributed by atoms with van der Waals surface area (Å²) in [6.07, 6.45) is 7.14. The van der Waals surface area contributed by atoms with Crippen LogP contribution in [-0.2, 0) is 0 Å².